The number of para-hydroxylation sites is 1. The van der Waals surface area contributed by atoms with Gasteiger partial charge in [-0.3, -0.25) is 4.79 Å². The monoisotopic (exact) mass is 433 g/mol. The van der Waals surface area contributed by atoms with E-state index in [4.69, 9.17) is 26.5 Å². The third kappa shape index (κ3) is 6.23. The maximum absolute atomic E-state index is 11.0. The first-order valence-electron chi connectivity index (χ1n) is 8.74. The molecule has 2 aromatic heterocycles. The van der Waals surface area contributed by atoms with Crippen molar-refractivity contribution >= 4 is 39.9 Å². The van der Waals surface area contributed by atoms with Gasteiger partial charge in [-0.05, 0) is 24.3 Å². The maximum atomic E-state index is 11.0. The van der Waals surface area contributed by atoms with E-state index in [0.29, 0.717) is 52.8 Å². The number of halogens is 1. The van der Waals surface area contributed by atoms with E-state index in [2.05, 4.69) is 20.6 Å². The van der Waals surface area contributed by atoms with Crippen LogP contribution in [0.15, 0.2) is 51.2 Å². The van der Waals surface area contributed by atoms with Crippen LogP contribution in [0.1, 0.15) is 12.7 Å². The van der Waals surface area contributed by atoms with Gasteiger partial charge in [-0.25, -0.2) is 9.98 Å². The van der Waals surface area contributed by atoms with Gasteiger partial charge < -0.3 is 25.5 Å². The zero-order chi connectivity index (χ0) is 20.6. The molecule has 0 saturated heterocycles. The molecule has 29 heavy (non-hydrogen) atoms. The van der Waals surface area contributed by atoms with Gasteiger partial charge in [0.2, 0.25) is 5.91 Å². The highest BCUT2D eigenvalue weighted by atomic mass is 35.5. The number of hydrogen-bond donors (Lipinski definition) is 3. The van der Waals surface area contributed by atoms with Crippen LogP contribution in [0.2, 0.25) is 5.02 Å². The minimum absolute atomic E-state index is 0.116. The molecule has 0 bridgehead atoms. The number of carbonyl (C=O) groups is 1. The molecular weight excluding hydrogens is 414 g/mol. The largest absolute Gasteiger partial charge is 0.490 e. The number of ether oxygens (including phenoxy) is 1. The molecule has 0 spiro atoms. The molecule has 3 rings (SSSR count). The number of anilines is 1. The lowest BCUT2D eigenvalue weighted by Crippen LogP contribution is -2.23. The molecule has 0 atom stereocenters. The minimum Gasteiger partial charge on any atom is -0.490 e. The van der Waals surface area contributed by atoms with Gasteiger partial charge in [0.15, 0.2) is 16.9 Å². The molecule has 10 heteroatoms. The smallest absolute Gasteiger partial charge is 0.217 e. The molecule has 1 amide bonds. The summed E-state index contributed by atoms with van der Waals surface area (Å²) in [7, 11) is 0. The van der Waals surface area contributed by atoms with Crippen molar-refractivity contribution in [3.8, 4) is 17.2 Å². The summed E-state index contributed by atoms with van der Waals surface area (Å²) >= 11 is 7.40. The quantitative estimate of drug-likeness (QED) is 0.284. The van der Waals surface area contributed by atoms with Crippen LogP contribution in [0.4, 0.5) is 5.13 Å². The fraction of sp³-hybridized carbons (Fsp3) is 0.211. The van der Waals surface area contributed by atoms with Crippen LogP contribution in [0.25, 0.3) is 11.5 Å². The molecule has 2 heterocycles. The molecule has 0 aliphatic carbocycles. The standard InChI is InChI=1S/C19H20ClN5O3S/c1-12(26)23-10-13-6-7-17(28-13)15-11-29-19(24-15)25-18(21)22-8-9-27-16-5-3-2-4-14(16)20/h2-7,11H,8-10H2,1H3,(H,23,26)(H3,21,22,24,25). The van der Waals surface area contributed by atoms with E-state index in [1.807, 2.05) is 17.5 Å². The second-order valence-electron chi connectivity index (χ2n) is 5.88. The average Bonchev–Trinajstić information content (AvgIpc) is 3.34. The lowest BCUT2D eigenvalue weighted by atomic mass is 10.3. The zero-order valence-electron chi connectivity index (χ0n) is 15.6. The minimum atomic E-state index is -0.116. The number of hydrogen-bond acceptors (Lipinski definition) is 6. The van der Waals surface area contributed by atoms with Crippen molar-refractivity contribution in [3.63, 3.8) is 0 Å². The molecule has 3 aromatic rings. The third-order valence-electron chi connectivity index (χ3n) is 3.63. The van der Waals surface area contributed by atoms with Crippen LogP contribution in [0, 0.1) is 0 Å². The molecular formula is C19H20ClN5O3S. The number of nitrogens with two attached hydrogens (primary N) is 1. The van der Waals surface area contributed by atoms with E-state index >= 15 is 0 Å². The van der Waals surface area contributed by atoms with Crippen LogP contribution in [-0.2, 0) is 11.3 Å². The first-order chi connectivity index (χ1) is 14.0. The molecule has 8 nitrogen and oxygen atoms in total. The van der Waals surface area contributed by atoms with Gasteiger partial charge >= 0.3 is 0 Å². The second-order valence-corrected chi connectivity index (χ2v) is 7.15. The van der Waals surface area contributed by atoms with Crippen molar-refractivity contribution in [2.45, 2.75) is 13.5 Å². The average molecular weight is 434 g/mol. The maximum Gasteiger partial charge on any atom is 0.217 e. The lowest BCUT2D eigenvalue weighted by Gasteiger charge is -2.06. The number of nitrogens with zero attached hydrogens (tertiary/aromatic N) is 2. The Kier molecular flexibility index (Phi) is 7.09. The molecule has 1 aromatic carbocycles. The Hall–Kier alpha value is -3.04. The molecule has 0 radical (unpaired) electrons. The van der Waals surface area contributed by atoms with Gasteiger partial charge in [0, 0.05) is 12.3 Å². The second kappa shape index (κ2) is 9.94. The highest BCUT2D eigenvalue weighted by molar-refractivity contribution is 7.14. The number of carbonyl (C=O) groups excluding carboxylic acids is 1. The zero-order valence-corrected chi connectivity index (χ0v) is 17.2. The van der Waals surface area contributed by atoms with E-state index in [-0.39, 0.29) is 11.9 Å². The van der Waals surface area contributed by atoms with Gasteiger partial charge in [0.05, 0.1) is 18.1 Å². The summed E-state index contributed by atoms with van der Waals surface area (Å²) in [6.07, 6.45) is 0. The molecule has 0 aliphatic heterocycles. The van der Waals surface area contributed by atoms with Gasteiger partial charge in [-0.2, -0.15) is 0 Å². The number of rotatable bonds is 8. The van der Waals surface area contributed by atoms with E-state index in [1.54, 1.807) is 24.3 Å². The molecule has 0 saturated carbocycles. The highest BCUT2D eigenvalue weighted by Crippen LogP contribution is 2.26. The Balaban J connectivity index is 1.49. The fourth-order valence-corrected chi connectivity index (χ4v) is 3.20. The van der Waals surface area contributed by atoms with Crippen molar-refractivity contribution < 1.29 is 13.9 Å². The summed E-state index contributed by atoms with van der Waals surface area (Å²) in [5.41, 5.74) is 6.56. The Morgan fingerprint density at radius 3 is 2.97 bits per heavy atom. The predicted octanol–water partition coefficient (Wildman–Crippen LogP) is 3.50. The first-order valence-corrected chi connectivity index (χ1v) is 10.0. The topological polar surface area (TPSA) is 115 Å². The Morgan fingerprint density at radius 1 is 1.34 bits per heavy atom. The lowest BCUT2D eigenvalue weighted by molar-refractivity contribution is -0.119. The van der Waals surface area contributed by atoms with Gasteiger partial charge in [0.1, 0.15) is 23.8 Å². The van der Waals surface area contributed by atoms with Crippen molar-refractivity contribution in [2.75, 3.05) is 18.5 Å². The van der Waals surface area contributed by atoms with Crippen LogP contribution in [0.5, 0.6) is 5.75 Å². The molecule has 0 aliphatic rings. The molecule has 0 fully saturated rings. The molecule has 4 N–H and O–H groups in total. The van der Waals surface area contributed by atoms with Crippen LogP contribution in [-0.4, -0.2) is 30.0 Å². The summed E-state index contributed by atoms with van der Waals surface area (Å²) in [6, 6.07) is 10.8. The first kappa shape index (κ1) is 20.7. The highest BCUT2D eigenvalue weighted by Gasteiger charge is 2.10. The number of guanidine groups is 1. The normalized spacial score (nSPS) is 11.3. The van der Waals surface area contributed by atoms with E-state index in [1.165, 1.54) is 18.3 Å². The van der Waals surface area contributed by atoms with Crippen LogP contribution >= 0.6 is 22.9 Å². The third-order valence-corrected chi connectivity index (χ3v) is 4.70. The molecule has 0 unspecified atom stereocenters. The summed E-state index contributed by atoms with van der Waals surface area (Å²) in [5, 5.41) is 8.61. The van der Waals surface area contributed by atoms with Crippen LogP contribution in [0.3, 0.4) is 0 Å². The number of thiazole rings is 1. The predicted molar refractivity (Wildman–Crippen MR) is 114 cm³/mol. The Bertz CT molecular complexity index is 1000. The fourth-order valence-electron chi connectivity index (χ4n) is 2.30. The number of benzene rings is 1. The van der Waals surface area contributed by atoms with E-state index in [9.17, 15) is 4.79 Å². The van der Waals surface area contributed by atoms with Crippen LogP contribution < -0.4 is 21.1 Å². The molecule has 152 valence electrons. The number of furan rings is 1. The van der Waals surface area contributed by atoms with Crippen molar-refractivity contribution in [1.29, 1.82) is 0 Å². The summed E-state index contributed by atoms with van der Waals surface area (Å²) in [5.74, 6) is 1.99. The summed E-state index contributed by atoms with van der Waals surface area (Å²) in [4.78, 5) is 19.6. The van der Waals surface area contributed by atoms with Crippen molar-refractivity contribution in [3.05, 3.63) is 52.6 Å². The number of aliphatic imine (C=N–C) groups is 1. The van der Waals surface area contributed by atoms with Gasteiger partial charge in [-0.1, -0.05) is 23.7 Å². The van der Waals surface area contributed by atoms with E-state index < -0.39 is 0 Å². The summed E-state index contributed by atoms with van der Waals surface area (Å²) in [6.45, 7) is 2.50. The number of nitrogens with one attached hydrogen (secondary N) is 2. The number of aromatic nitrogens is 1. The van der Waals surface area contributed by atoms with Gasteiger partial charge in [-0.15, -0.1) is 11.3 Å². The Labute approximate surface area is 176 Å². The van der Waals surface area contributed by atoms with Crippen molar-refractivity contribution in [1.82, 2.24) is 10.3 Å². The van der Waals surface area contributed by atoms with E-state index in [0.717, 1.165) is 0 Å². The number of amides is 1. The van der Waals surface area contributed by atoms with Crippen molar-refractivity contribution in [2.24, 2.45) is 10.7 Å². The van der Waals surface area contributed by atoms with Gasteiger partial charge in [0.25, 0.3) is 0 Å². The SMILES string of the molecule is CC(=O)NCc1ccc(-c2csc(NC(N)=NCCOc3ccccc3Cl)n2)o1. The Morgan fingerprint density at radius 2 is 2.17 bits per heavy atom. The summed E-state index contributed by atoms with van der Waals surface area (Å²) < 4.78 is 11.2.